The van der Waals surface area contributed by atoms with Crippen LogP contribution in [0.15, 0.2) is 18.2 Å². The van der Waals surface area contributed by atoms with Gasteiger partial charge in [-0.3, -0.25) is 4.79 Å². The maximum absolute atomic E-state index is 12.9. The number of ether oxygens (including phenoxy) is 10. The van der Waals surface area contributed by atoms with Gasteiger partial charge in [0, 0.05) is 30.5 Å². The highest BCUT2D eigenvalue weighted by atomic mass is 16.7. The second kappa shape index (κ2) is 12.0. The van der Waals surface area contributed by atoms with Crippen LogP contribution < -0.4 is 33.2 Å². The minimum absolute atomic E-state index is 0.00540. The number of rotatable bonds is 10. The molecule has 3 aromatic carbocycles. The first kappa shape index (κ1) is 29.9. The molecule has 12 heteroatoms. The lowest BCUT2D eigenvalue weighted by molar-refractivity contribution is -0.139. The summed E-state index contributed by atoms with van der Waals surface area (Å²) in [4.78, 5) is 25.1. The first-order chi connectivity index (χ1) is 20.8. The van der Waals surface area contributed by atoms with Crippen LogP contribution in [0, 0.1) is 0 Å². The molecule has 3 aromatic rings. The predicted molar refractivity (Wildman–Crippen MR) is 152 cm³/mol. The molecular formula is C31H34O12. The molecular weight excluding hydrogens is 564 g/mol. The highest BCUT2D eigenvalue weighted by molar-refractivity contribution is 6.02. The Morgan fingerprint density at radius 3 is 2.19 bits per heavy atom. The highest BCUT2D eigenvalue weighted by Gasteiger charge is 2.49. The number of fused-ring (bicyclic) bond motifs is 3. The Balaban J connectivity index is 1.66. The fourth-order valence-electron chi connectivity index (χ4n) is 5.76. The minimum Gasteiger partial charge on any atom is -0.497 e. The highest BCUT2D eigenvalue weighted by Crippen LogP contribution is 2.57. The van der Waals surface area contributed by atoms with Crippen LogP contribution in [0.5, 0.6) is 40.2 Å². The Morgan fingerprint density at radius 1 is 0.837 bits per heavy atom. The van der Waals surface area contributed by atoms with Crippen molar-refractivity contribution in [2.45, 2.75) is 31.5 Å². The van der Waals surface area contributed by atoms with Crippen molar-refractivity contribution >= 4 is 22.7 Å². The lowest BCUT2D eigenvalue weighted by Gasteiger charge is -2.36. The van der Waals surface area contributed by atoms with Crippen LogP contribution in [0.4, 0.5) is 0 Å². The number of methoxy groups -OCH3 is 7. The second-order valence-electron chi connectivity index (χ2n) is 9.94. The van der Waals surface area contributed by atoms with Gasteiger partial charge in [-0.05, 0) is 23.6 Å². The van der Waals surface area contributed by atoms with Gasteiger partial charge in [0.15, 0.2) is 29.8 Å². The van der Waals surface area contributed by atoms with E-state index in [4.69, 9.17) is 47.4 Å². The summed E-state index contributed by atoms with van der Waals surface area (Å²) in [6, 6.07) is 5.31. The summed E-state index contributed by atoms with van der Waals surface area (Å²) in [5.74, 6) is 0.553. The molecule has 2 heterocycles. The Labute approximate surface area is 248 Å². The van der Waals surface area contributed by atoms with Gasteiger partial charge in [-0.1, -0.05) is 6.07 Å². The lowest BCUT2D eigenvalue weighted by atomic mass is 9.91. The van der Waals surface area contributed by atoms with Crippen LogP contribution in [-0.2, 0) is 38.3 Å². The molecule has 2 aliphatic rings. The molecule has 12 nitrogen and oxygen atoms in total. The quantitative estimate of drug-likeness (QED) is 0.247. The van der Waals surface area contributed by atoms with E-state index in [-0.39, 0.29) is 30.9 Å². The maximum Gasteiger partial charge on any atom is 0.342 e. The van der Waals surface area contributed by atoms with Crippen molar-refractivity contribution in [3.63, 3.8) is 0 Å². The molecule has 5 rings (SSSR count). The fourth-order valence-corrected chi connectivity index (χ4v) is 5.76. The van der Waals surface area contributed by atoms with Gasteiger partial charge >= 0.3 is 11.9 Å². The summed E-state index contributed by atoms with van der Waals surface area (Å²) in [7, 11) is 10.2. The molecule has 0 saturated carbocycles. The molecule has 0 aromatic heterocycles. The molecule has 0 bridgehead atoms. The van der Waals surface area contributed by atoms with Crippen LogP contribution in [0.2, 0.25) is 0 Å². The molecule has 0 radical (unpaired) electrons. The number of esters is 2. The predicted octanol–water partition coefficient (Wildman–Crippen LogP) is 4.02. The Kier molecular flexibility index (Phi) is 8.32. The number of carbonyl (C=O) groups is 2. The van der Waals surface area contributed by atoms with Crippen molar-refractivity contribution in [2.24, 2.45) is 0 Å². The van der Waals surface area contributed by atoms with Gasteiger partial charge < -0.3 is 47.4 Å². The third-order valence-corrected chi connectivity index (χ3v) is 7.63. The van der Waals surface area contributed by atoms with Crippen molar-refractivity contribution in [1.82, 2.24) is 0 Å². The van der Waals surface area contributed by atoms with E-state index in [0.29, 0.717) is 63.7 Å². The van der Waals surface area contributed by atoms with Crippen molar-refractivity contribution in [3.05, 3.63) is 40.5 Å². The van der Waals surface area contributed by atoms with Gasteiger partial charge in [0.2, 0.25) is 0 Å². The Bertz CT molecular complexity index is 1580. The zero-order valence-corrected chi connectivity index (χ0v) is 25.2. The summed E-state index contributed by atoms with van der Waals surface area (Å²) in [5.41, 5.74) is 1.96. The molecule has 1 unspecified atom stereocenters. The molecule has 2 aliphatic heterocycles. The molecule has 43 heavy (non-hydrogen) atoms. The number of benzene rings is 3. The topological polar surface area (TPSA) is 126 Å². The van der Waals surface area contributed by atoms with E-state index in [1.807, 2.05) is 6.07 Å². The summed E-state index contributed by atoms with van der Waals surface area (Å²) < 4.78 is 57.3. The van der Waals surface area contributed by atoms with Crippen molar-refractivity contribution < 1.29 is 57.0 Å². The fraction of sp³-hybridized carbons (Fsp3) is 0.419. The monoisotopic (exact) mass is 598 g/mol. The van der Waals surface area contributed by atoms with Gasteiger partial charge in [-0.25, -0.2) is 4.79 Å². The smallest absolute Gasteiger partial charge is 0.342 e. The van der Waals surface area contributed by atoms with E-state index in [1.165, 1.54) is 28.4 Å². The summed E-state index contributed by atoms with van der Waals surface area (Å²) in [6.07, 6.45) is 1.07. The third kappa shape index (κ3) is 5.05. The molecule has 230 valence electrons. The van der Waals surface area contributed by atoms with Crippen LogP contribution in [0.1, 0.15) is 33.5 Å². The van der Waals surface area contributed by atoms with E-state index < -0.39 is 17.7 Å². The van der Waals surface area contributed by atoms with Gasteiger partial charge in [0.25, 0.3) is 5.79 Å². The average Bonchev–Trinajstić information content (AvgIpc) is 3.39. The first-order valence-electron chi connectivity index (χ1n) is 13.4. The number of hydrogen-bond donors (Lipinski definition) is 0. The van der Waals surface area contributed by atoms with Gasteiger partial charge in [0.05, 0.1) is 60.9 Å². The van der Waals surface area contributed by atoms with Crippen LogP contribution in [0.3, 0.4) is 0 Å². The van der Waals surface area contributed by atoms with E-state index in [0.717, 1.165) is 11.1 Å². The number of carbonyl (C=O) groups excluding carboxylic acids is 2. The normalized spacial score (nSPS) is 16.4. The van der Waals surface area contributed by atoms with Crippen LogP contribution in [-0.4, -0.2) is 74.3 Å². The molecule has 1 atom stereocenters. The van der Waals surface area contributed by atoms with Crippen LogP contribution in [0.25, 0.3) is 10.8 Å². The van der Waals surface area contributed by atoms with E-state index in [2.05, 4.69) is 0 Å². The SMILES string of the molecule is COCOc1cc(OC)cc2c(OC)c3c(c(OC)c12)CC1(CCc2cc(CC(=O)OC)c(C(=O)OC)c(OC)c2O1)O3. The maximum atomic E-state index is 12.9. The molecule has 1 spiro atoms. The molecule has 0 amide bonds. The van der Waals surface area contributed by atoms with Crippen molar-refractivity contribution in [3.8, 4) is 40.2 Å². The molecule has 0 aliphatic carbocycles. The molecule has 0 fully saturated rings. The minimum atomic E-state index is -1.19. The zero-order valence-electron chi connectivity index (χ0n) is 25.2. The van der Waals surface area contributed by atoms with Crippen molar-refractivity contribution in [1.29, 1.82) is 0 Å². The van der Waals surface area contributed by atoms with Gasteiger partial charge in [-0.15, -0.1) is 0 Å². The zero-order chi connectivity index (χ0) is 30.9. The van der Waals surface area contributed by atoms with Crippen LogP contribution >= 0.6 is 0 Å². The van der Waals surface area contributed by atoms with Gasteiger partial charge in [0.1, 0.15) is 22.8 Å². The van der Waals surface area contributed by atoms with E-state index >= 15 is 0 Å². The first-order valence-corrected chi connectivity index (χ1v) is 13.4. The summed E-state index contributed by atoms with van der Waals surface area (Å²) in [5, 5.41) is 1.31. The second-order valence-corrected chi connectivity index (χ2v) is 9.94. The molecule has 0 N–H and O–H groups in total. The lowest BCUT2D eigenvalue weighted by Crippen LogP contribution is -2.44. The van der Waals surface area contributed by atoms with E-state index in [1.54, 1.807) is 33.5 Å². The average molecular weight is 599 g/mol. The standard InChI is InChI=1S/C31H34O12/c1-34-15-41-21-13-18(35-2)12-19-24(21)26(37-4)20-14-31(43-28(20)27(19)38-5)9-8-16-10-17(11-22(32)36-3)23(30(33)40-7)29(39-6)25(16)42-31/h10,12-13H,8-9,11,14-15H2,1-7H3. The number of aryl methyl sites for hydroxylation is 1. The summed E-state index contributed by atoms with van der Waals surface area (Å²) in [6.45, 7) is 0.00540. The third-order valence-electron chi connectivity index (χ3n) is 7.63. The number of hydrogen-bond acceptors (Lipinski definition) is 12. The van der Waals surface area contributed by atoms with Gasteiger partial charge in [-0.2, -0.15) is 0 Å². The summed E-state index contributed by atoms with van der Waals surface area (Å²) >= 11 is 0. The van der Waals surface area contributed by atoms with E-state index in [9.17, 15) is 9.59 Å². The Morgan fingerprint density at radius 2 is 1.56 bits per heavy atom. The molecule has 0 saturated heterocycles. The van der Waals surface area contributed by atoms with Crippen molar-refractivity contribution in [2.75, 3.05) is 56.6 Å². The Hall–Kier alpha value is -4.58. The largest absolute Gasteiger partial charge is 0.497 e.